The van der Waals surface area contributed by atoms with Gasteiger partial charge in [-0.05, 0) is 36.4 Å². The number of aldehydes is 1. The van der Waals surface area contributed by atoms with Crippen LogP contribution in [0.2, 0.25) is 5.15 Å². The van der Waals surface area contributed by atoms with Crippen molar-refractivity contribution in [2.45, 2.75) is 0 Å². The number of nitrogens with zero attached hydrogens (tertiary/aromatic N) is 1. The lowest BCUT2D eigenvalue weighted by atomic mass is 10.1. The minimum absolute atomic E-state index is 0.306. The van der Waals surface area contributed by atoms with Crippen LogP contribution < -0.4 is 4.74 Å². The van der Waals surface area contributed by atoms with Gasteiger partial charge >= 0.3 is 0 Å². The van der Waals surface area contributed by atoms with Crippen LogP contribution in [0.3, 0.4) is 0 Å². The second-order valence-corrected chi connectivity index (χ2v) is 3.84. The monoisotopic (exact) mass is 247 g/mol. The molecule has 0 aliphatic carbocycles. The van der Waals surface area contributed by atoms with Crippen LogP contribution in [0.15, 0.2) is 36.4 Å². The van der Waals surface area contributed by atoms with Crippen molar-refractivity contribution in [2.75, 3.05) is 7.11 Å². The second kappa shape index (κ2) is 4.97. The fourth-order valence-electron chi connectivity index (χ4n) is 1.49. The number of aromatic nitrogens is 1. The summed E-state index contributed by atoms with van der Waals surface area (Å²) in [5.41, 5.74) is 2.06. The molecule has 0 fully saturated rings. The lowest BCUT2D eigenvalue weighted by molar-refractivity contribution is 0.112. The SMILES string of the molecule is COc1ccc(-c2cc(C=O)cc(Cl)n2)cc1. The third kappa shape index (κ3) is 2.63. The van der Waals surface area contributed by atoms with Gasteiger partial charge in [-0.3, -0.25) is 4.79 Å². The van der Waals surface area contributed by atoms with Crippen molar-refractivity contribution in [3.8, 4) is 17.0 Å². The van der Waals surface area contributed by atoms with Gasteiger partial charge in [0.05, 0.1) is 12.8 Å². The zero-order valence-electron chi connectivity index (χ0n) is 9.18. The van der Waals surface area contributed by atoms with Crippen LogP contribution >= 0.6 is 11.6 Å². The number of methoxy groups -OCH3 is 1. The van der Waals surface area contributed by atoms with Crippen molar-refractivity contribution in [3.63, 3.8) is 0 Å². The molecule has 0 aliphatic rings. The quantitative estimate of drug-likeness (QED) is 0.618. The number of rotatable bonds is 3. The van der Waals surface area contributed by atoms with Crippen LogP contribution in [0.5, 0.6) is 5.75 Å². The van der Waals surface area contributed by atoms with E-state index in [9.17, 15) is 4.79 Å². The highest BCUT2D eigenvalue weighted by Gasteiger charge is 2.04. The standard InChI is InChI=1S/C13H10ClNO2/c1-17-11-4-2-10(3-5-11)12-6-9(8-16)7-13(14)15-12/h2-8H,1H3. The fourth-order valence-corrected chi connectivity index (χ4v) is 1.71. The minimum atomic E-state index is 0.306. The normalized spacial score (nSPS) is 10.0. The fraction of sp³-hybridized carbons (Fsp3) is 0.0769. The summed E-state index contributed by atoms with van der Waals surface area (Å²) < 4.78 is 5.07. The van der Waals surface area contributed by atoms with Crippen LogP contribution in [-0.4, -0.2) is 18.4 Å². The zero-order chi connectivity index (χ0) is 12.3. The van der Waals surface area contributed by atoms with Crippen LogP contribution in [0.1, 0.15) is 10.4 Å². The molecule has 17 heavy (non-hydrogen) atoms. The van der Waals surface area contributed by atoms with E-state index in [0.29, 0.717) is 16.4 Å². The van der Waals surface area contributed by atoms with Crippen LogP contribution in [0.4, 0.5) is 0 Å². The van der Waals surface area contributed by atoms with Crippen LogP contribution in [0, 0.1) is 0 Å². The van der Waals surface area contributed by atoms with Gasteiger partial charge in [-0.15, -0.1) is 0 Å². The molecular formula is C13H10ClNO2. The van der Waals surface area contributed by atoms with Crippen molar-refractivity contribution >= 4 is 17.9 Å². The third-order valence-electron chi connectivity index (χ3n) is 2.34. The number of carbonyl (C=O) groups excluding carboxylic acids is 1. The number of pyridine rings is 1. The predicted molar refractivity (Wildman–Crippen MR) is 66.6 cm³/mol. The summed E-state index contributed by atoms with van der Waals surface area (Å²) >= 11 is 5.84. The number of ether oxygens (including phenoxy) is 1. The van der Waals surface area contributed by atoms with Gasteiger partial charge in [0.2, 0.25) is 0 Å². The first-order chi connectivity index (χ1) is 8.22. The van der Waals surface area contributed by atoms with Gasteiger partial charge in [-0.1, -0.05) is 11.6 Å². The molecule has 0 bridgehead atoms. The van der Waals surface area contributed by atoms with E-state index in [-0.39, 0.29) is 0 Å². The molecule has 86 valence electrons. The highest BCUT2D eigenvalue weighted by Crippen LogP contribution is 2.23. The van der Waals surface area contributed by atoms with E-state index in [2.05, 4.69) is 4.98 Å². The van der Waals surface area contributed by atoms with Gasteiger partial charge in [0.25, 0.3) is 0 Å². The lowest BCUT2D eigenvalue weighted by Gasteiger charge is -2.04. The Morgan fingerprint density at radius 1 is 1.24 bits per heavy atom. The molecule has 0 aliphatic heterocycles. The molecule has 0 unspecified atom stereocenters. The average molecular weight is 248 g/mol. The van der Waals surface area contributed by atoms with E-state index in [0.717, 1.165) is 17.6 Å². The number of benzene rings is 1. The largest absolute Gasteiger partial charge is 0.497 e. The predicted octanol–water partition coefficient (Wildman–Crippen LogP) is 3.22. The van der Waals surface area contributed by atoms with Gasteiger partial charge in [0.15, 0.2) is 0 Å². The zero-order valence-corrected chi connectivity index (χ0v) is 9.94. The Morgan fingerprint density at radius 2 is 1.94 bits per heavy atom. The first-order valence-corrected chi connectivity index (χ1v) is 5.38. The maximum Gasteiger partial charge on any atom is 0.150 e. The maximum absolute atomic E-state index is 10.7. The van der Waals surface area contributed by atoms with E-state index in [1.165, 1.54) is 6.07 Å². The van der Waals surface area contributed by atoms with Crippen molar-refractivity contribution < 1.29 is 9.53 Å². The van der Waals surface area contributed by atoms with Crippen molar-refractivity contribution in [2.24, 2.45) is 0 Å². The average Bonchev–Trinajstić information content (AvgIpc) is 2.38. The Kier molecular flexibility index (Phi) is 3.40. The van der Waals surface area contributed by atoms with Gasteiger partial charge in [-0.2, -0.15) is 0 Å². The summed E-state index contributed by atoms with van der Waals surface area (Å²) in [7, 11) is 1.61. The van der Waals surface area contributed by atoms with E-state index in [1.54, 1.807) is 13.2 Å². The molecule has 4 heteroatoms. The molecule has 0 saturated heterocycles. The molecule has 0 N–H and O–H groups in total. The molecule has 0 radical (unpaired) electrons. The highest BCUT2D eigenvalue weighted by molar-refractivity contribution is 6.29. The molecule has 1 aromatic heterocycles. The first kappa shape index (κ1) is 11.6. The Bertz CT molecular complexity index is 538. The molecule has 2 rings (SSSR count). The molecule has 0 spiro atoms. The summed E-state index contributed by atoms with van der Waals surface area (Å²) in [4.78, 5) is 14.9. The summed E-state index contributed by atoms with van der Waals surface area (Å²) in [5.74, 6) is 0.770. The minimum Gasteiger partial charge on any atom is -0.497 e. The molecule has 0 amide bonds. The molecular weight excluding hydrogens is 238 g/mol. The van der Waals surface area contributed by atoms with Crippen LogP contribution in [-0.2, 0) is 0 Å². The summed E-state index contributed by atoms with van der Waals surface area (Å²) in [5, 5.41) is 0.306. The molecule has 1 heterocycles. The highest BCUT2D eigenvalue weighted by atomic mass is 35.5. The molecule has 2 aromatic rings. The molecule has 0 atom stereocenters. The van der Waals surface area contributed by atoms with E-state index < -0.39 is 0 Å². The third-order valence-corrected chi connectivity index (χ3v) is 2.53. The van der Waals surface area contributed by atoms with Crippen molar-refractivity contribution in [1.82, 2.24) is 4.98 Å². The van der Waals surface area contributed by atoms with E-state index in [1.807, 2.05) is 24.3 Å². The summed E-state index contributed by atoms with van der Waals surface area (Å²) in [6, 6.07) is 10.6. The molecule has 0 saturated carbocycles. The van der Waals surface area contributed by atoms with Gasteiger partial charge in [-0.25, -0.2) is 4.98 Å². The number of carbonyl (C=O) groups is 1. The number of hydrogen-bond acceptors (Lipinski definition) is 3. The van der Waals surface area contributed by atoms with Gasteiger partial charge in [0, 0.05) is 11.1 Å². The van der Waals surface area contributed by atoms with E-state index >= 15 is 0 Å². The van der Waals surface area contributed by atoms with Gasteiger partial charge in [0.1, 0.15) is 17.2 Å². The summed E-state index contributed by atoms with van der Waals surface area (Å²) in [6.07, 6.45) is 0.751. The molecule has 3 nitrogen and oxygen atoms in total. The van der Waals surface area contributed by atoms with Gasteiger partial charge < -0.3 is 4.74 Å². The second-order valence-electron chi connectivity index (χ2n) is 3.45. The first-order valence-electron chi connectivity index (χ1n) is 5.00. The number of halogens is 1. The Morgan fingerprint density at radius 3 is 2.53 bits per heavy atom. The topological polar surface area (TPSA) is 39.2 Å². The summed E-state index contributed by atoms with van der Waals surface area (Å²) in [6.45, 7) is 0. The Hall–Kier alpha value is -1.87. The Labute approximate surface area is 104 Å². The van der Waals surface area contributed by atoms with Crippen LogP contribution in [0.25, 0.3) is 11.3 Å². The number of hydrogen-bond donors (Lipinski definition) is 0. The van der Waals surface area contributed by atoms with E-state index in [4.69, 9.17) is 16.3 Å². The Balaban J connectivity index is 2.44. The van der Waals surface area contributed by atoms with Crippen molar-refractivity contribution in [3.05, 3.63) is 47.1 Å². The molecule has 1 aromatic carbocycles. The smallest absolute Gasteiger partial charge is 0.150 e. The van der Waals surface area contributed by atoms with Crippen molar-refractivity contribution in [1.29, 1.82) is 0 Å². The lowest BCUT2D eigenvalue weighted by Crippen LogP contribution is -1.89. The maximum atomic E-state index is 10.7.